The van der Waals surface area contributed by atoms with Crippen molar-refractivity contribution in [1.82, 2.24) is 0 Å². The SMILES string of the molecule is CC(O)CCc1ccc(C(C)N)cc1. The molecule has 0 heterocycles. The van der Waals surface area contributed by atoms with E-state index in [4.69, 9.17) is 10.8 Å². The van der Waals surface area contributed by atoms with Crippen molar-refractivity contribution in [2.75, 3.05) is 0 Å². The molecule has 0 aliphatic rings. The first-order valence-corrected chi connectivity index (χ1v) is 5.12. The van der Waals surface area contributed by atoms with E-state index in [1.54, 1.807) is 0 Å². The molecule has 14 heavy (non-hydrogen) atoms. The summed E-state index contributed by atoms with van der Waals surface area (Å²) in [6.07, 6.45) is 1.53. The van der Waals surface area contributed by atoms with E-state index in [2.05, 4.69) is 24.3 Å². The highest BCUT2D eigenvalue weighted by Gasteiger charge is 2.00. The maximum absolute atomic E-state index is 9.14. The summed E-state index contributed by atoms with van der Waals surface area (Å²) >= 11 is 0. The van der Waals surface area contributed by atoms with Crippen LogP contribution in [0.25, 0.3) is 0 Å². The molecule has 1 rings (SSSR count). The van der Waals surface area contributed by atoms with Gasteiger partial charge in [0, 0.05) is 6.04 Å². The van der Waals surface area contributed by atoms with Crippen molar-refractivity contribution in [3.63, 3.8) is 0 Å². The van der Waals surface area contributed by atoms with Crippen LogP contribution in [0, 0.1) is 0 Å². The molecule has 0 bridgehead atoms. The van der Waals surface area contributed by atoms with Crippen LogP contribution >= 0.6 is 0 Å². The zero-order chi connectivity index (χ0) is 10.6. The van der Waals surface area contributed by atoms with Gasteiger partial charge in [0.2, 0.25) is 0 Å². The van der Waals surface area contributed by atoms with Gasteiger partial charge < -0.3 is 10.8 Å². The number of rotatable bonds is 4. The smallest absolute Gasteiger partial charge is 0.0515 e. The number of aliphatic hydroxyl groups is 1. The quantitative estimate of drug-likeness (QED) is 0.768. The highest BCUT2D eigenvalue weighted by atomic mass is 16.3. The van der Waals surface area contributed by atoms with Crippen molar-refractivity contribution >= 4 is 0 Å². The predicted molar refractivity (Wildman–Crippen MR) is 59.0 cm³/mol. The van der Waals surface area contributed by atoms with E-state index in [0.717, 1.165) is 18.4 Å². The molecule has 0 aromatic heterocycles. The minimum absolute atomic E-state index is 0.0980. The fourth-order valence-electron chi connectivity index (χ4n) is 1.36. The number of aryl methyl sites for hydroxylation is 1. The second kappa shape index (κ2) is 5.13. The van der Waals surface area contributed by atoms with Gasteiger partial charge in [0.25, 0.3) is 0 Å². The van der Waals surface area contributed by atoms with Crippen LogP contribution in [0.15, 0.2) is 24.3 Å². The maximum atomic E-state index is 9.14. The summed E-state index contributed by atoms with van der Waals surface area (Å²) in [6, 6.07) is 8.38. The first-order chi connectivity index (χ1) is 6.59. The van der Waals surface area contributed by atoms with Gasteiger partial charge in [-0.3, -0.25) is 0 Å². The lowest BCUT2D eigenvalue weighted by atomic mass is 10.0. The van der Waals surface area contributed by atoms with Crippen LogP contribution in [0.5, 0.6) is 0 Å². The van der Waals surface area contributed by atoms with Gasteiger partial charge in [-0.05, 0) is 37.8 Å². The van der Waals surface area contributed by atoms with Gasteiger partial charge in [-0.25, -0.2) is 0 Å². The molecule has 1 aromatic rings. The largest absolute Gasteiger partial charge is 0.393 e. The fraction of sp³-hybridized carbons (Fsp3) is 0.500. The van der Waals surface area contributed by atoms with E-state index in [-0.39, 0.29) is 12.1 Å². The molecule has 0 fully saturated rings. The Morgan fingerprint density at radius 3 is 2.21 bits per heavy atom. The molecule has 0 spiro atoms. The summed E-state index contributed by atoms with van der Waals surface area (Å²) < 4.78 is 0. The molecule has 0 amide bonds. The molecule has 0 radical (unpaired) electrons. The van der Waals surface area contributed by atoms with Crippen molar-refractivity contribution in [3.8, 4) is 0 Å². The molecule has 1 aromatic carbocycles. The lowest BCUT2D eigenvalue weighted by Crippen LogP contribution is -2.05. The van der Waals surface area contributed by atoms with E-state index in [1.165, 1.54) is 5.56 Å². The molecule has 0 saturated carbocycles. The minimum Gasteiger partial charge on any atom is -0.393 e. The average Bonchev–Trinajstić information content (AvgIpc) is 2.15. The van der Waals surface area contributed by atoms with E-state index in [9.17, 15) is 0 Å². The van der Waals surface area contributed by atoms with Gasteiger partial charge in [-0.15, -0.1) is 0 Å². The van der Waals surface area contributed by atoms with Gasteiger partial charge in [0.05, 0.1) is 6.10 Å². The lowest BCUT2D eigenvalue weighted by molar-refractivity contribution is 0.185. The highest BCUT2D eigenvalue weighted by molar-refractivity contribution is 5.24. The Bertz CT molecular complexity index is 264. The molecule has 2 atom stereocenters. The Balaban J connectivity index is 2.55. The highest BCUT2D eigenvalue weighted by Crippen LogP contribution is 2.12. The minimum atomic E-state index is -0.219. The zero-order valence-corrected chi connectivity index (χ0v) is 8.90. The summed E-state index contributed by atoms with van der Waals surface area (Å²) in [7, 11) is 0. The molecule has 0 aliphatic heterocycles. The van der Waals surface area contributed by atoms with Gasteiger partial charge in [-0.1, -0.05) is 24.3 Å². The first kappa shape index (κ1) is 11.2. The van der Waals surface area contributed by atoms with Crippen LogP contribution in [0.1, 0.15) is 37.4 Å². The van der Waals surface area contributed by atoms with Crippen LogP contribution in [-0.2, 0) is 6.42 Å². The van der Waals surface area contributed by atoms with Crippen LogP contribution in [0.4, 0.5) is 0 Å². The third-order valence-electron chi connectivity index (χ3n) is 2.36. The normalized spacial score (nSPS) is 15.1. The molecule has 2 nitrogen and oxygen atoms in total. The Kier molecular flexibility index (Phi) is 4.11. The second-order valence-corrected chi connectivity index (χ2v) is 3.92. The zero-order valence-electron chi connectivity index (χ0n) is 8.90. The number of nitrogens with two attached hydrogens (primary N) is 1. The molecular weight excluding hydrogens is 174 g/mol. The third-order valence-corrected chi connectivity index (χ3v) is 2.36. The van der Waals surface area contributed by atoms with Gasteiger partial charge in [0.15, 0.2) is 0 Å². The van der Waals surface area contributed by atoms with Crippen LogP contribution in [0.2, 0.25) is 0 Å². The van der Waals surface area contributed by atoms with Gasteiger partial charge in [-0.2, -0.15) is 0 Å². The molecule has 2 heteroatoms. The number of aliphatic hydroxyl groups excluding tert-OH is 1. The number of benzene rings is 1. The van der Waals surface area contributed by atoms with Crippen molar-refractivity contribution in [2.24, 2.45) is 5.73 Å². The molecule has 2 unspecified atom stereocenters. The number of hydrogen-bond donors (Lipinski definition) is 2. The third kappa shape index (κ3) is 3.48. The Morgan fingerprint density at radius 1 is 1.21 bits per heavy atom. The molecule has 78 valence electrons. The fourth-order valence-corrected chi connectivity index (χ4v) is 1.36. The molecule has 3 N–H and O–H groups in total. The summed E-state index contributed by atoms with van der Waals surface area (Å²) in [5, 5.41) is 9.14. The van der Waals surface area contributed by atoms with Crippen LogP contribution < -0.4 is 5.73 Å². The van der Waals surface area contributed by atoms with Crippen molar-refractivity contribution < 1.29 is 5.11 Å². The van der Waals surface area contributed by atoms with Gasteiger partial charge in [0.1, 0.15) is 0 Å². The van der Waals surface area contributed by atoms with Crippen molar-refractivity contribution in [3.05, 3.63) is 35.4 Å². The Labute approximate surface area is 85.8 Å². The molecule has 0 saturated heterocycles. The monoisotopic (exact) mass is 193 g/mol. The molecular formula is C12H19NO. The van der Waals surface area contributed by atoms with Crippen molar-refractivity contribution in [1.29, 1.82) is 0 Å². The van der Waals surface area contributed by atoms with Crippen LogP contribution in [-0.4, -0.2) is 11.2 Å². The Morgan fingerprint density at radius 2 is 1.79 bits per heavy atom. The molecule has 0 aliphatic carbocycles. The van der Waals surface area contributed by atoms with E-state index in [1.807, 2.05) is 13.8 Å². The van der Waals surface area contributed by atoms with E-state index < -0.39 is 0 Å². The lowest BCUT2D eigenvalue weighted by Gasteiger charge is -2.07. The number of hydrogen-bond acceptors (Lipinski definition) is 2. The first-order valence-electron chi connectivity index (χ1n) is 5.12. The summed E-state index contributed by atoms with van der Waals surface area (Å²) in [6.45, 7) is 3.79. The summed E-state index contributed by atoms with van der Waals surface area (Å²) in [5.74, 6) is 0. The second-order valence-electron chi connectivity index (χ2n) is 3.92. The summed E-state index contributed by atoms with van der Waals surface area (Å²) in [5.41, 5.74) is 8.16. The van der Waals surface area contributed by atoms with Gasteiger partial charge >= 0.3 is 0 Å². The van der Waals surface area contributed by atoms with E-state index >= 15 is 0 Å². The van der Waals surface area contributed by atoms with Crippen molar-refractivity contribution in [2.45, 2.75) is 38.8 Å². The average molecular weight is 193 g/mol. The van der Waals surface area contributed by atoms with E-state index in [0.29, 0.717) is 0 Å². The summed E-state index contributed by atoms with van der Waals surface area (Å²) in [4.78, 5) is 0. The standard InChI is InChI=1S/C12H19NO/c1-9(14)3-4-11-5-7-12(8-6-11)10(2)13/h5-10,14H,3-4,13H2,1-2H3. The Hall–Kier alpha value is -0.860. The van der Waals surface area contributed by atoms with Crippen LogP contribution in [0.3, 0.4) is 0 Å². The topological polar surface area (TPSA) is 46.2 Å². The predicted octanol–water partition coefficient (Wildman–Crippen LogP) is 2.02. The maximum Gasteiger partial charge on any atom is 0.0515 e.